The first kappa shape index (κ1) is 19.4. The van der Waals surface area contributed by atoms with Crippen LogP contribution in [0.2, 0.25) is 0 Å². The summed E-state index contributed by atoms with van der Waals surface area (Å²) in [5, 5.41) is 4.52. The Labute approximate surface area is 169 Å². The summed E-state index contributed by atoms with van der Waals surface area (Å²) < 4.78 is 1.55. The van der Waals surface area contributed by atoms with Gasteiger partial charge in [0.05, 0.1) is 17.9 Å². The van der Waals surface area contributed by atoms with Crippen LogP contribution in [0.25, 0.3) is 11.3 Å². The van der Waals surface area contributed by atoms with Crippen molar-refractivity contribution in [3.8, 4) is 11.3 Å². The van der Waals surface area contributed by atoms with Gasteiger partial charge in [0.15, 0.2) is 0 Å². The summed E-state index contributed by atoms with van der Waals surface area (Å²) in [5.74, 6) is 0.813. The number of rotatable bonds is 6. The van der Waals surface area contributed by atoms with Gasteiger partial charge in [-0.1, -0.05) is 0 Å². The van der Waals surface area contributed by atoms with Crippen molar-refractivity contribution in [2.24, 2.45) is 0 Å². The number of hydrogen-bond acceptors (Lipinski definition) is 7. The maximum Gasteiger partial charge on any atom is 0.266 e. The number of pyridine rings is 1. The third-order valence-electron chi connectivity index (χ3n) is 5.14. The van der Waals surface area contributed by atoms with Crippen molar-refractivity contribution >= 4 is 0 Å². The molecule has 0 N–H and O–H groups in total. The maximum atomic E-state index is 12.2. The zero-order valence-electron chi connectivity index (χ0n) is 16.6. The second kappa shape index (κ2) is 9.02. The summed E-state index contributed by atoms with van der Waals surface area (Å²) in [6.45, 7) is 8.08. The van der Waals surface area contributed by atoms with E-state index in [0.717, 1.165) is 62.0 Å². The molecule has 3 aromatic rings. The predicted octanol–water partition coefficient (Wildman–Crippen LogP) is 1.22. The van der Waals surface area contributed by atoms with E-state index in [2.05, 4.69) is 29.9 Å². The molecular formula is C21H25N7O. The standard InChI is InChI=1S/C21H25N7O/c1-17-23-8-6-19(24-17)16-27-11-9-26(10-12-27)13-14-28-21(29)5-4-20(25-28)18-3-2-7-22-15-18/h2-8,15H,9-14,16H2,1H3. The zero-order chi connectivity index (χ0) is 20.1. The fourth-order valence-electron chi connectivity index (χ4n) is 3.51. The van der Waals surface area contributed by atoms with E-state index in [1.807, 2.05) is 31.3 Å². The molecule has 4 rings (SSSR count). The quantitative estimate of drug-likeness (QED) is 0.625. The second-order valence-electron chi connectivity index (χ2n) is 7.23. The van der Waals surface area contributed by atoms with Gasteiger partial charge in [-0.15, -0.1) is 0 Å². The van der Waals surface area contributed by atoms with Gasteiger partial charge in [-0.2, -0.15) is 5.10 Å². The van der Waals surface area contributed by atoms with E-state index in [4.69, 9.17) is 0 Å². The number of nitrogens with zero attached hydrogens (tertiary/aromatic N) is 7. The first-order valence-corrected chi connectivity index (χ1v) is 9.89. The Morgan fingerprint density at radius 1 is 0.966 bits per heavy atom. The van der Waals surface area contributed by atoms with Crippen LogP contribution in [-0.4, -0.2) is 67.3 Å². The molecule has 150 valence electrons. The molecule has 8 nitrogen and oxygen atoms in total. The van der Waals surface area contributed by atoms with E-state index in [1.165, 1.54) is 0 Å². The first-order chi connectivity index (χ1) is 14.2. The van der Waals surface area contributed by atoms with Crippen LogP contribution in [0.3, 0.4) is 0 Å². The lowest BCUT2D eigenvalue weighted by Gasteiger charge is -2.34. The van der Waals surface area contributed by atoms with Crippen LogP contribution in [0.4, 0.5) is 0 Å². The summed E-state index contributed by atoms with van der Waals surface area (Å²) >= 11 is 0. The van der Waals surface area contributed by atoms with Gasteiger partial charge in [-0.05, 0) is 31.2 Å². The van der Waals surface area contributed by atoms with Gasteiger partial charge >= 0.3 is 0 Å². The lowest BCUT2D eigenvalue weighted by molar-refractivity contribution is 0.121. The number of aromatic nitrogens is 5. The third-order valence-corrected chi connectivity index (χ3v) is 5.14. The van der Waals surface area contributed by atoms with Crippen molar-refractivity contribution < 1.29 is 0 Å². The normalized spacial score (nSPS) is 15.5. The minimum absolute atomic E-state index is 0.0737. The average Bonchev–Trinajstić information content (AvgIpc) is 2.75. The van der Waals surface area contributed by atoms with Gasteiger partial charge in [0.25, 0.3) is 5.56 Å². The van der Waals surface area contributed by atoms with Gasteiger partial charge < -0.3 is 0 Å². The molecular weight excluding hydrogens is 366 g/mol. The lowest BCUT2D eigenvalue weighted by atomic mass is 10.2. The molecule has 0 aromatic carbocycles. The van der Waals surface area contributed by atoms with E-state index >= 15 is 0 Å². The van der Waals surface area contributed by atoms with Gasteiger partial charge in [0.1, 0.15) is 5.82 Å². The Bertz CT molecular complexity index is 997. The fourth-order valence-corrected chi connectivity index (χ4v) is 3.51. The lowest BCUT2D eigenvalue weighted by Crippen LogP contribution is -2.47. The van der Waals surface area contributed by atoms with Crippen LogP contribution >= 0.6 is 0 Å². The molecule has 1 aliphatic rings. The summed E-state index contributed by atoms with van der Waals surface area (Å²) in [5.41, 5.74) is 2.67. The molecule has 0 aliphatic carbocycles. The first-order valence-electron chi connectivity index (χ1n) is 9.89. The smallest absolute Gasteiger partial charge is 0.266 e. The molecule has 4 heterocycles. The van der Waals surface area contributed by atoms with Crippen LogP contribution in [0.1, 0.15) is 11.5 Å². The van der Waals surface area contributed by atoms with Gasteiger partial charge in [-0.3, -0.25) is 19.6 Å². The van der Waals surface area contributed by atoms with Crippen molar-refractivity contribution in [2.45, 2.75) is 20.0 Å². The molecule has 0 atom stereocenters. The predicted molar refractivity (Wildman–Crippen MR) is 110 cm³/mol. The van der Waals surface area contributed by atoms with Crippen LogP contribution in [0.5, 0.6) is 0 Å². The maximum absolute atomic E-state index is 12.2. The molecule has 0 spiro atoms. The molecule has 1 saturated heterocycles. The van der Waals surface area contributed by atoms with Crippen molar-refractivity contribution in [3.63, 3.8) is 0 Å². The van der Waals surface area contributed by atoms with Gasteiger partial charge in [0, 0.05) is 69.5 Å². The monoisotopic (exact) mass is 391 g/mol. The van der Waals surface area contributed by atoms with Crippen molar-refractivity contribution in [1.82, 2.24) is 34.5 Å². The Kier molecular flexibility index (Phi) is 6.02. The van der Waals surface area contributed by atoms with E-state index in [0.29, 0.717) is 6.54 Å². The Morgan fingerprint density at radius 3 is 2.55 bits per heavy atom. The molecule has 1 aliphatic heterocycles. The highest BCUT2D eigenvalue weighted by Crippen LogP contribution is 2.13. The van der Waals surface area contributed by atoms with E-state index in [-0.39, 0.29) is 5.56 Å². The van der Waals surface area contributed by atoms with Crippen LogP contribution in [0.15, 0.2) is 53.7 Å². The minimum atomic E-state index is -0.0737. The van der Waals surface area contributed by atoms with Gasteiger partial charge in [0.2, 0.25) is 0 Å². The number of hydrogen-bond donors (Lipinski definition) is 0. The largest absolute Gasteiger partial charge is 0.299 e. The number of aryl methyl sites for hydroxylation is 1. The summed E-state index contributed by atoms with van der Waals surface area (Å²) in [6, 6.07) is 9.13. The molecule has 29 heavy (non-hydrogen) atoms. The molecule has 0 saturated carbocycles. The van der Waals surface area contributed by atoms with Crippen LogP contribution in [-0.2, 0) is 13.1 Å². The summed E-state index contributed by atoms with van der Waals surface area (Å²) in [7, 11) is 0. The Hall–Kier alpha value is -2.97. The van der Waals surface area contributed by atoms with Crippen LogP contribution < -0.4 is 5.56 Å². The average molecular weight is 391 g/mol. The summed E-state index contributed by atoms with van der Waals surface area (Å²) in [6.07, 6.45) is 5.30. The Balaban J connectivity index is 1.31. The Morgan fingerprint density at radius 2 is 1.79 bits per heavy atom. The molecule has 0 radical (unpaired) electrons. The van der Waals surface area contributed by atoms with Crippen molar-refractivity contribution in [3.05, 3.63) is 70.8 Å². The van der Waals surface area contributed by atoms with Crippen molar-refractivity contribution in [2.75, 3.05) is 32.7 Å². The van der Waals surface area contributed by atoms with E-state index < -0.39 is 0 Å². The molecule has 0 bridgehead atoms. The SMILES string of the molecule is Cc1nccc(CN2CCN(CCn3nc(-c4cccnc4)ccc3=O)CC2)n1. The highest BCUT2D eigenvalue weighted by Gasteiger charge is 2.17. The highest BCUT2D eigenvalue weighted by molar-refractivity contribution is 5.56. The molecule has 0 unspecified atom stereocenters. The second-order valence-corrected chi connectivity index (χ2v) is 7.23. The number of piperazine rings is 1. The van der Waals surface area contributed by atoms with Crippen LogP contribution in [0, 0.1) is 6.92 Å². The van der Waals surface area contributed by atoms with Gasteiger partial charge in [-0.25, -0.2) is 14.6 Å². The molecule has 3 aromatic heterocycles. The fraction of sp³-hybridized carbons (Fsp3) is 0.381. The minimum Gasteiger partial charge on any atom is -0.299 e. The molecule has 1 fully saturated rings. The third kappa shape index (κ3) is 5.10. The molecule has 8 heteroatoms. The molecule has 0 amide bonds. The van der Waals surface area contributed by atoms with Crippen molar-refractivity contribution in [1.29, 1.82) is 0 Å². The van der Waals surface area contributed by atoms with E-state index in [9.17, 15) is 4.79 Å². The highest BCUT2D eigenvalue weighted by atomic mass is 16.1. The topological polar surface area (TPSA) is 80.0 Å². The zero-order valence-corrected chi connectivity index (χ0v) is 16.6. The summed E-state index contributed by atoms with van der Waals surface area (Å²) in [4.78, 5) is 29.8. The van der Waals surface area contributed by atoms with E-state index in [1.54, 1.807) is 29.2 Å².